The molecular weight excluding hydrogens is 108 g/mol. The third-order valence-electron chi connectivity index (χ3n) is 0.891. The van der Waals surface area contributed by atoms with Gasteiger partial charge in [0.1, 0.15) is 5.54 Å². The summed E-state index contributed by atoms with van der Waals surface area (Å²) in [7, 11) is 0. The lowest BCUT2D eigenvalue weighted by Gasteiger charge is -2.15. The third kappa shape index (κ3) is 1.48. The lowest BCUT2D eigenvalue weighted by molar-refractivity contribution is -0.123. The van der Waals surface area contributed by atoms with Crippen LogP contribution in [0, 0.1) is 0 Å². The van der Waals surface area contributed by atoms with Crippen LogP contribution in [0.5, 0.6) is 0 Å². The van der Waals surface area contributed by atoms with E-state index in [1.165, 1.54) is 6.92 Å². The maximum Gasteiger partial charge on any atom is 0.239 e. The first-order chi connectivity index (χ1) is 3.50. The van der Waals surface area contributed by atoms with Crippen molar-refractivity contribution in [1.29, 1.82) is 0 Å². The number of aliphatic hydroxyl groups excluding tert-OH is 1. The Balaban J connectivity index is 3.91. The molecule has 0 aliphatic rings. The predicted molar refractivity (Wildman–Crippen MR) is 28.9 cm³/mol. The maximum absolute atomic E-state index is 10.2. The van der Waals surface area contributed by atoms with Crippen LogP contribution in [-0.4, -0.2) is 23.2 Å². The molecule has 0 aliphatic heterocycles. The van der Waals surface area contributed by atoms with Crippen molar-refractivity contribution in [2.45, 2.75) is 12.5 Å². The summed E-state index contributed by atoms with van der Waals surface area (Å²) in [5.74, 6) is -0.694. The van der Waals surface area contributed by atoms with E-state index < -0.39 is 18.1 Å². The minimum atomic E-state index is -1.26. The average Bonchev–Trinajstić information content (AvgIpc) is 1.67. The summed E-state index contributed by atoms with van der Waals surface area (Å²) >= 11 is 0. The fourth-order valence-corrected chi connectivity index (χ4v) is 0.0779. The van der Waals surface area contributed by atoms with Crippen LogP contribution in [0.3, 0.4) is 0 Å². The van der Waals surface area contributed by atoms with Gasteiger partial charge in [0.15, 0.2) is 0 Å². The first-order valence-corrected chi connectivity index (χ1v) is 2.20. The van der Waals surface area contributed by atoms with Crippen molar-refractivity contribution in [2.75, 3.05) is 6.61 Å². The highest BCUT2D eigenvalue weighted by Crippen LogP contribution is 1.92. The van der Waals surface area contributed by atoms with Crippen molar-refractivity contribution in [3.8, 4) is 0 Å². The molecule has 0 aromatic carbocycles. The molecule has 0 heterocycles. The second-order valence-electron chi connectivity index (χ2n) is 1.94. The SMILES string of the molecule is CC(N)(CO)C(N)=O. The largest absolute Gasteiger partial charge is 0.394 e. The molecule has 0 aromatic heterocycles. The molecule has 0 aliphatic carbocycles. The number of amides is 1. The van der Waals surface area contributed by atoms with Crippen molar-refractivity contribution in [1.82, 2.24) is 0 Å². The maximum atomic E-state index is 10.2. The van der Waals surface area contributed by atoms with Gasteiger partial charge in [-0.05, 0) is 6.92 Å². The van der Waals surface area contributed by atoms with Crippen molar-refractivity contribution in [3.05, 3.63) is 0 Å². The molecule has 0 fully saturated rings. The Morgan fingerprint density at radius 2 is 2.25 bits per heavy atom. The summed E-state index contributed by atoms with van der Waals surface area (Å²) in [5.41, 5.74) is 8.63. The monoisotopic (exact) mass is 118 g/mol. The van der Waals surface area contributed by atoms with Crippen LogP contribution >= 0.6 is 0 Å². The number of carbonyl (C=O) groups excluding carboxylic acids is 1. The number of hydrogen-bond acceptors (Lipinski definition) is 3. The van der Waals surface area contributed by atoms with Crippen LogP contribution < -0.4 is 11.5 Å². The summed E-state index contributed by atoms with van der Waals surface area (Å²) in [6, 6.07) is 0. The Morgan fingerprint density at radius 1 is 1.88 bits per heavy atom. The number of aliphatic hydroxyl groups is 1. The van der Waals surface area contributed by atoms with E-state index in [4.69, 9.17) is 16.6 Å². The van der Waals surface area contributed by atoms with Gasteiger partial charge in [-0.3, -0.25) is 4.79 Å². The molecule has 4 heteroatoms. The highest BCUT2D eigenvalue weighted by atomic mass is 16.3. The molecule has 0 saturated heterocycles. The van der Waals surface area contributed by atoms with E-state index in [1.54, 1.807) is 0 Å². The van der Waals surface area contributed by atoms with Gasteiger partial charge in [0.25, 0.3) is 0 Å². The topological polar surface area (TPSA) is 89.3 Å². The zero-order valence-electron chi connectivity index (χ0n) is 4.72. The van der Waals surface area contributed by atoms with Gasteiger partial charge in [0, 0.05) is 0 Å². The molecule has 1 atom stereocenters. The molecule has 0 bridgehead atoms. The first kappa shape index (κ1) is 7.39. The Hall–Kier alpha value is -0.610. The predicted octanol–water partition coefficient (Wildman–Crippen LogP) is -1.82. The van der Waals surface area contributed by atoms with E-state index in [0.717, 1.165) is 0 Å². The highest BCUT2D eigenvalue weighted by molar-refractivity contribution is 5.83. The third-order valence-corrected chi connectivity index (χ3v) is 0.891. The van der Waals surface area contributed by atoms with Gasteiger partial charge in [-0.15, -0.1) is 0 Å². The molecule has 0 rings (SSSR count). The Morgan fingerprint density at radius 3 is 2.25 bits per heavy atom. The summed E-state index contributed by atoms with van der Waals surface area (Å²) < 4.78 is 0. The van der Waals surface area contributed by atoms with Gasteiger partial charge in [-0.25, -0.2) is 0 Å². The van der Waals surface area contributed by atoms with Crippen LogP contribution in [0.2, 0.25) is 0 Å². The number of nitrogens with two attached hydrogens (primary N) is 2. The smallest absolute Gasteiger partial charge is 0.239 e. The van der Waals surface area contributed by atoms with Gasteiger partial charge in [0.2, 0.25) is 5.91 Å². The molecular formula is C4H10N2O2. The van der Waals surface area contributed by atoms with Crippen molar-refractivity contribution < 1.29 is 9.90 Å². The lowest BCUT2D eigenvalue weighted by Crippen LogP contribution is -2.52. The molecule has 1 amide bonds. The highest BCUT2D eigenvalue weighted by Gasteiger charge is 2.23. The normalized spacial score (nSPS) is 17.4. The van der Waals surface area contributed by atoms with Gasteiger partial charge >= 0.3 is 0 Å². The molecule has 0 aromatic rings. The number of hydrogen-bond donors (Lipinski definition) is 3. The molecule has 0 spiro atoms. The fourth-order valence-electron chi connectivity index (χ4n) is 0.0779. The van der Waals surface area contributed by atoms with Crippen LogP contribution in [0.1, 0.15) is 6.92 Å². The summed E-state index contributed by atoms with van der Waals surface area (Å²) in [6.07, 6.45) is 0. The quantitative estimate of drug-likeness (QED) is 0.399. The second-order valence-corrected chi connectivity index (χ2v) is 1.94. The zero-order chi connectivity index (χ0) is 6.78. The fraction of sp³-hybridized carbons (Fsp3) is 0.750. The van der Waals surface area contributed by atoms with Crippen LogP contribution in [0.4, 0.5) is 0 Å². The summed E-state index contributed by atoms with van der Waals surface area (Å²) in [4.78, 5) is 10.2. The van der Waals surface area contributed by atoms with Gasteiger partial charge in [-0.2, -0.15) is 0 Å². The molecule has 4 nitrogen and oxygen atoms in total. The summed E-state index contributed by atoms with van der Waals surface area (Å²) in [6.45, 7) is 0.956. The Kier molecular flexibility index (Phi) is 1.94. The molecule has 0 saturated carbocycles. The van der Waals surface area contributed by atoms with Crippen molar-refractivity contribution >= 4 is 5.91 Å². The average molecular weight is 118 g/mol. The standard InChI is InChI=1S/C4H10N2O2/c1-4(6,2-7)3(5)8/h7H,2,6H2,1H3,(H2,5,8). The van der Waals surface area contributed by atoms with Crippen LogP contribution in [0.15, 0.2) is 0 Å². The van der Waals surface area contributed by atoms with Gasteiger partial charge in [-0.1, -0.05) is 0 Å². The molecule has 1 unspecified atom stereocenters. The van der Waals surface area contributed by atoms with E-state index >= 15 is 0 Å². The second kappa shape index (κ2) is 2.11. The number of carbonyl (C=O) groups is 1. The minimum Gasteiger partial charge on any atom is -0.394 e. The molecule has 8 heavy (non-hydrogen) atoms. The molecule has 5 N–H and O–H groups in total. The zero-order valence-corrected chi connectivity index (χ0v) is 4.72. The minimum absolute atomic E-state index is 0.414. The molecule has 48 valence electrons. The van der Waals surface area contributed by atoms with E-state index in [-0.39, 0.29) is 0 Å². The Bertz CT molecular complexity index is 100. The lowest BCUT2D eigenvalue weighted by atomic mass is 10.1. The van der Waals surface area contributed by atoms with Crippen molar-refractivity contribution in [2.24, 2.45) is 11.5 Å². The van der Waals surface area contributed by atoms with Crippen LogP contribution in [0.25, 0.3) is 0 Å². The number of primary amides is 1. The van der Waals surface area contributed by atoms with Crippen LogP contribution in [-0.2, 0) is 4.79 Å². The summed E-state index contributed by atoms with van der Waals surface area (Å²) in [5, 5.41) is 8.34. The van der Waals surface area contributed by atoms with Crippen molar-refractivity contribution in [3.63, 3.8) is 0 Å². The van der Waals surface area contributed by atoms with Gasteiger partial charge in [0.05, 0.1) is 6.61 Å². The molecule has 0 radical (unpaired) electrons. The Labute approximate surface area is 47.5 Å². The van der Waals surface area contributed by atoms with E-state index in [9.17, 15) is 4.79 Å². The van der Waals surface area contributed by atoms with E-state index in [1.807, 2.05) is 0 Å². The number of rotatable bonds is 2. The van der Waals surface area contributed by atoms with Gasteiger partial charge < -0.3 is 16.6 Å². The first-order valence-electron chi connectivity index (χ1n) is 2.20. The van der Waals surface area contributed by atoms with E-state index in [0.29, 0.717) is 0 Å². The van der Waals surface area contributed by atoms with E-state index in [2.05, 4.69) is 0 Å².